The second-order valence-corrected chi connectivity index (χ2v) is 5.75. The summed E-state index contributed by atoms with van der Waals surface area (Å²) in [5, 5.41) is 0.624. The van der Waals surface area contributed by atoms with Crippen LogP contribution in [0.1, 0.15) is 18.2 Å². The van der Waals surface area contributed by atoms with Crippen molar-refractivity contribution in [2.45, 2.75) is 26.4 Å². The Kier molecular flexibility index (Phi) is 4.03. The van der Waals surface area contributed by atoms with Crippen molar-refractivity contribution in [2.24, 2.45) is 0 Å². The van der Waals surface area contributed by atoms with Gasteiger partial charge in [-0.05, 0) is 19.4 Å². The number of aryl methyl sites for hydroxylation is 1. The molecule has 2 rings (SSSR count). The number of hydrogen-bond acceptors (Lipinski definition) is 5. The number of nitrogens with two attached hydrogens (primary N) is 1. The van der Waals surface area contributed by atoms with E-state index in [-0.39, 0.29) is 18.3 Å². The van der Waals surface area contributed by atoms with Crippen LogP contribution >= 0.6 is 11.3 Å². The van der Waals surface area contributed by atoms with Crippen LogP contribution in [-0.2, 0) is 0 Å². The Morgan fingerprint density at radius 3 is 2.65 bits per heavy atom. The number of anilines is 2. The number of nitrogens with zero attached hydrogens (tertiary/aromatic N) is 3. The van der Waals surface area contributed by atoms with Gasteiger partial charge in [-0.25, -0.2) is 4.98 Å². The molecule has 20 heavy (non-hydrogen) atoms. The standard InChI is InChI=1S/C12H15F3N4S/c1-3-4-19(6-12(13,14)15)9-8-5-7(2)20-10(8)18-11(16)17-9/h5H,3-4,6H2,1-2H3,(H2,16,17,18). The molecule has 2 aromatic heterocycles. The monoisotopic (exact) mass is 304 g/mol. The largest absolute Gasteiger partial charge is 0.405 e. The van der Waals surface area contributed by atoms with E-state index in [1.807, 2.05) is 13.8 Å². The van der Waals surface area contributed by atoms with E-state index in [4.69, 9.17) is 5.73 Å². The summed E-state index contributed by atoms with van der Waals surface area (Å²) in [6.45, 7) is 2.92. The zero-order valence-electron chi connectivity index (χ0n) is 11.2. The summed E-state index contributed by atoms with van der Waals surface area (Å²) in [6.07, 6.45) is -3.70. The van der Waals surface area contributed by atoms with Gasteiger partial charge in [-0.2, -0.15) is 18.2 Å². The number of alkyl halides is 3. The van der Waals surface area contributed by atoms with Gasteiger partial charge in [-0.15, -0.1) is 11.3 Å². The molecule has 0 saturated heterocycles. The number of aromatic nitrogens is 2. The van der Waals surface area contributed by atoms with Crippen LogP contribution in [0.25, 0.3) is 10.2 Å². The zero-order chi connectivity index (χ0) is 14.9. The van der Waals surface area contributed by atoms with Gasteiger partial charge in [-0.1, -0.05) is 6.92 Å². The van der Waals surface area contributed by atoms with Gasteiger partial charge < -0.3 is 10.6 Å². The van der Waals surface area contributed by atoms with Crippen LogP contribution in [-0.4, -0.2) is 29.2 Å². The summed E-state index contributed by atoms with van der Waals surface area (Å²) in [6, 6.07) is 1.80. The van der Waals surface area contributed by atoms with Crippen LogP contribution in [0, 0.1) is 6.92 Å². The van der Waals surface area contributed by atoms with Crippen molar-refractivity contribution in [3.63, 3.8) is 0 Å². The second kappa shape index (κ2) is 5.43. The van der Waals surface area contributed by atoms with E-state index >= 15 is 0 Å². The van der Waals surface area contributed by atoms with Crippen molar-refractivity contribution >= 4 is 33.3 Å². The van der Waals surface area contributed by atoms with Crippen molar-refractivity contribution in [3.8, 4) is 0 Å². The number of rotatable bonds is 4. The van der Waals surface area contributed by atoms with Crippen molar-refractivity contribution < 1.29 is 13.2 Å². The summed E-state index contributed by atoms with van der Waals surface area (Å²) < 4.78 is 38.1. The number of thiophene rings is 1. The Balaban J connectivity index is 2.51. The molecule has 0 aliphatic carbocycles. The van der Waals surface area contributed by atoms with Crippen LogP contribution in [0.15, 0.2) is 6.07 Å². The molecule has 0 saturated carbocycles. The minimum absolute atomic E-state index is 0.00220. The van der Waals surface area contributed by atoms with Gasteiger partial charge in [0.05, 0.1) is 5.39 Å². The summed E-state index contributed by atoms with van der Waals surface area (Å²) in [7, 11) is 0. The highest BCUT2D eigenvalue weighted by molar-refractivity contribution is 7.18. The molecule has 2 heterocycles. The smallest absolute Gasteiger partial charge is 0.368 e. The van der Waals surface area contributed by atoms with Gasteiger partial charge in [0.15, 0.2) is 0 Å². The van der Waals surface area contributed by atoms with E-state index in [2.05, 4.69) is 9.97 Å². The first-order chi connectivity index (χ1) is 9.30. The van der Waals surface area contributed by atoms with Crippen molar-refractivity contribution in [2.75, 3.05) is 23.7 Å². The average Bonchev–Trinajstić information content (AvgIpc) is 2.65. The highest BCUT2D eigenvalue weighted by Gasteiger charge is 2.32. The second-order valence-electron chi connectivity index (χ2n) is 4.52. The fraction of sp³-hybridized carbons (Fsp3) is 0.500. The summed E-state index contributed by atoms with van der Waals surface area (Å²) in [4.78, 5) is 10.9. The maximum atomic E-state index is 12.7. The minimum Gasteiger partial charge on any atom is -0.368 e. The number of nitrogen functional groups attached to an aromatic ring is 1. The Hall–Kier alpha value is -1.57. The lowest BCUT2D eigenvalue weighted by molar-refractivity contribution is -0.119. The van der Waals surface area contributed by atoms with E-state index in [9.17, 15) is 13.2 Å². The molecule has 0 unspecified atom stereocenters. The summed E-state index contributed by atoms with van der Waals surface area (Å²) in [5.74, 6) is 0.258. The number of fused-ring (bicyclic) bond motifs is 1. The third-order valence-corrected chi connectivity index (χ3v) is 3.62. The topological polar surface area (TPSA) is 55.0 Å². The average molecular weight is 304 g/mol. The first-order valence-corrected chi connectivity index (χ1v) is 6.97. The van der Waals surface area contributed by atoms with Gasteiger partial charge in [0, 0.05) is 11.4 Å². The molecule has 8 heteroatoms. The van der Waals surface area contributed by atoms with E-state index in [0.717, 1.165) is 4.88 Å². The van der Waals surface area contributed by atoms with Gasteiger partial charge in [0.2, 0.25) is 5.95 Å². The molecule has 0 bridgehead atoms. The predicted octanol–water partition coefficient (Wildman–Crippen LogP) is 3.36. The Labute approximate surface area is 118 Å². The molecule has 0 aliphatic heterocycles. The molecule has 0 spiro atoms. The lowest BCUT2D eigenvalue weighted by Gasteiger charge is -2.25. The predicted molar refractivity (Wildman–Crippen MR) is 75.1 cm³/mol. The fourth-order valence-corrected chi connectivity index (χ4v) is 2.91. The quantitative estimate of drug-likeness (QED) is 0.941. The molecular formula is C12H15F3N4S. The Morgan fingerprint density at radius 1 is 1.35 bits per heavy atom. The maximum Gasteiger partial charge on any atom is 0.405 e. The van der Waals surface area contributed by atoms with Gasteiger partial charge in [0.1, 0.15) is 17.2 Å². The first-order valence-electron chi connectivity index (χ1n) is 6.15. The third kappa shape index (κ3) is 3.30. The zero-order valence-corrected chi connectivity index (χ0v) is 12.0. The molecule has 0 aromatic carbocycles. The third-order valence-electron chi connectivity index (χ3n) is 2.68. The minimum atomic E-state index is -4.29. The lowest BCUT2D eigenvalue weighted by Crippen LogP contribution is -2.35. The van der Waals surface area contributed by atoms with Crippen LogP contribution in [0.4, 0.5) is 24.9 Å². The number of hydrogen-bond donors (Lipinski definition) is 1. The van der Waals surface area contributed by atoms with Crippen LogP contribution in [0.5, 0.6) is 0 Å². The molecule has 4 nitrogen and oxygen atoms in total. The van der Waals surface area contributed by atoms with Gasteiger partial charge >= 0.3 is 6.18 Å². The van der Waals surface area contributed by atoms with E-state index in [1.165, 1.54) is 16.2 Å². The Bertz CT molecular complexity index is 609. The van der Waals surface area contributed by atoms with Crippen LogP contribution in [0.3, 0.4) is 0 Å². The normalized spacial score (nSPS) is 12.1. The van der Waals surface area contributed by atoms with E-state index in [0.29, 0.717) is 16.6 Å². The van der Waals surface area contributed by atoms with Crippen LogP contribution in [0.2, 0.25) is 0 Å². The first kappa shape index (κ1) is 14.8. The fourth-order valence-electron chi connectivity index (χ4n) is 2.03. The molecule has 0 amide bonds. The molecule has 2 aromatic rings. The highest BCUT2D eigenvalue weighted by Crippen LogP contribution is 2.32. The van der Waals surface area contributed by atoms with Gasteiger partial charge in [0.25, 0.3) is 0 Å². The molecule has 0 aliphatic rings. The summed E-state index contributed by atoms with van der Waals surface area (Å²) >= 11 is 1.39. The summed E-state index contributed by atoms with van der Waals surface area (Å²) in [5.41, 5.74) is 5.61. The van der Waals surface area contributed by atoms with E-state index < -0.39 is 12.7 Å². The maximum absolute atomic E-state index is 12.7. The van der Waals surface area contributed by atoms with Gasteiger partial charge in [-0.3, -0.25) is 0 Å². The van der Waals surface area contributed by atoms with Crippen molar-refractivity contribution in [1.29, 1.82) is 0 Å². The highest BCUT2D eigenvalue weighted by atomic mass is 32.1. The molecule has 110 valence electrons. The molecule has 2 N–H and O–H groups in total. The number of halogens is 3. The van der Waals surface area contributed by atoms with Crippen LogP contribution < -0.4 is 10.6 Å². The Morgan fingerprint density at radius 2 is 2.05 bits per heavy atom. The van der Waals surface area contributed by atoms with Crippen molar-refractivity contribution in [3.05, 3.63) is 10.9 Å². The molecular weight excluding hydrogens is 289 g/mol. The molecule has 0 radical (unpaired) electrons. The molecule has 0 fully saturated rings. The van der Waals surface area contributed by atoms with E-state index in [1.54, 1.807) is 6.07 Å². The lowest BCUT2D eigenvalue weighted by atomic mass is 10.3. The SMILES string of the molecule is CCCN(CC(F)(F)F)c1nc(N)nc2sc(C)cc12. The molecule has 0 atom stereocenters. The van der Waals surface area contributed by atoms with Crippen molar-refractivity contribution in [1.82, 2.24) is 9.97 Å².